The minimum Gasteiger partial charge on any atom is -0.379 e. The number of carbonyl (C=O) groups is 1. The van der Waals surface area contributed by atoms with Crippen LogP contribution in [-0.2, 0) is 4.74 Å². The lowest BCUT2D eigenvalue weighted by molar-refractivity contribution is 0.00732. The summed E-state index contributed by atoms with van der Waals surface area (Å²) in [5.74, 6) is 0.735. The first-order valence-corrected chi connectivity index (χ1v) is 12.2. The summed E-state index contributed by atoms with van der Waals surface area (Å²) >= 11 is 0. The molecule has 3 aromatic heterocycles. The van der Waals surface area contributed by atoms with E-state index in [1.807, 2.05) is 11.0 Å². The molecule has 1 amide bonds. The molecular formula is C24H31FN8O3. The van der Waals surface area contributed by atoms with Gasteiger partial charge < -0.3 is 25.3 Å². The fourth-order valence-electron chi connectivity index (χ4n) is 4.92. The van der Waals surface area contributed by atoms with Crippen molar-refractivity contribution >= 4 is 28.9 Å². The molecule has 0 aromatic carbocycles. The normalized spacial score (nSPS) is 21.9. The summed E-state index contributed by atoms with van der Waals surface area (Å²) in [5, 5.41) is 13.5. The third kappa shape index (κ3) is 4.53. The molecule has 1 aliphatic carbocycles. The van der Waals surface area contributed by atoms with Gasteiger partial charge in [-0.1, -0.05) is 0 Å². The Morgan fingerprint density at radius 3 is 2.89 bits per heavy atom. The third-order valence-electron chi connectivity index (χ3n) is 7.08. The minimum atomic E-state index is -0.395. The predicted octanol–water partition coefficient (Wildman–Crippen LogP) is 1.80. The summed E-state index contributed by atoms with van der Waals surface area (Å²) in [7, 11) is 3.39. The Balaban J connectivity index is 1.41. The molecule has 3 N–H and O–H groups in total. The van der Waals surface area contributed by atoms with Crippen LogP contribution in [0.1, 0.15) is 35.7 Å². The summed E-state index contributed by atoms with van der Waals surface area (Å²) in [6.45, 7) is 1.39. The smallest absolute Gasteiger partial charge is 0.274 e. The number of ether oxygens (including phenoxy) is 1. The van der Waals surface area contributed by atoms with Gasteiger partial charge in [0.25, 0.3) is 11.5 Å². The molecule has 0 spiro atoms. The van der Waals surface area contributed by atoms with Gasteiger partial charge in [0.15, 0.2) is 5.65 Å². The summed E-state index contributed by atoms with van der Waals surface area (Å²) in [6, 6.07) is 5.18. The molecule has 3 atom stereocenters. The molecule has 2 aliphatic rings. The van der Waals surface area contributed by atoms with Gasteiger partial charge in [0.2, 0.25) is 0 Å². The van der Waals surface area contributed by atoms with Gasteiger partial charge in [0, 0.05) is 46.1 Å². The fourth-order valence-corrected chi connectivity index (χ4v) is 4.92. The Morgan fingerprint density at radius 1 is 1.31 bits per heavy atom. The van der Waals surface area contributed by atoms with Crippen molar-refractivity contribution in [2.45, 2.75) is 37.5 Å². The molecule has 1 saturated carbocycles. The van der Waals surface area contributed by atoms with E-state index in [2.05, 4.69) is 26.0 Å². The zero-order chi connectivity index (χ0) is 25.2. The highest BCUT2D eigenvalue weighted by atomic mass is 19.1. The fraction of sp³-hybridized carbons (Fsp3) is 0.500. The number of pyridine rings is 1. The van der Waals surface area contributed by atoms with Gasteiger partial charge in [-0.3, -0.25) is 14.5 Å². The highest BCUT2D eigenvalue weighted by molar-refractivity contribution is 6.00. The van der Waals surface area contributed by atoms with E-state index in [9.17, 15) is 14.0 Å². The first-order chi connectivity index (χ1) is 17.5. The number of carbonyl (C=O) groups excluding carboxylic acids is 1. The molecule has 1 saturated heterocycles. The minimum absolute atomic E-state index is 0.0121. The van der Waals surface area contributed by atoms with Crippen LogP contribution in [0.4, 0.5) is 21.7 Å². The van der Waals surface area contributed by atoms with Crippen molar-refractivity contribution < 1.29 is 13.9 Å². The first-order valence-electron chi connectivity index (χ1n) is 12.2. The van der Waals surface area contributed by atoms with Crippen LogP contribution in [0.25, 0.3) is 5.65 Å². The number of hydrogen-bond donors (Lipinski definition) is 3. The zero-order valence-electron chi connectivity index (χ0n) is 20.4. The summed E-state index contributed by atoms with van der Waals surface area (Å²) in [4.78, 5) is 32.9. The molecule has 192 valence electrons. The lowest BCUT2D eigenvalue weighted by atomic mass is 9.89. The second kappa shape index (κ2) is 10.2. The average molecular weight is 499 g/mol. The number of aromatic nitrogens is 4. The Morgan fingerprint density at radius 2 is 2.17 bits per heavy atom. The lowest BCUT2D eigenvalue weighted by Crippen LogP contribution is -2.51. The van der Waals surface area contributed by atoms with E-state index in [4.69, 9.17) is 4.74 Å². The number of amides is 1. The standard InChI is InChI=1S/C24H31FN8O3/c1-26-21-12-20(28-18-4-3-9-32(24(18)35)15-7-10-31(14-15)11-8-25)30-22-16(13-27-33(21)22)23(34)29-17-5-6-19(17)36-2/h3-4,9,12-13,15,17,19,26H,5-8,10-11,14H2,1-2H3,(H,28,30)(H,29,34)/t15-,17-,19?/m1/s1. The molecule has 3 aromatic rings. The van der Waals surface area contributed by atoms with E-state index in [0.29, 0.717) is 41.6 Å². The maximum atomic E-state index is 13.3. The second-order valence-corrected chi connectivity index (χ2v) is 9.19. The van der Waals surface area contributed by atoms with E-state index in [1.54, 1.807) is 41.6 Å². The van der Waals surface area contributed by atoms with Crippen molar-refractivity contribution in [3.63, 3.8) is 0 Å². The van der Waals surface area contributed by atoms with Crippen molar-refractivity contribution in [3.8, 4) is 0 Å². The highest BCUT2D eigenvalue weighted by Gasteiger charge is 2.33. The van der Waals surface area contributed by atoms with Crippen molar-refractivity contribution in [1.29, 1.82) is 0 Å². The summed E-state index contributed by atoms with van der Waals surface area (Å²) in [6.07, 6.45) is 5.82. The number of likely N-dealkylation sites (tertiary alicyclic amines) is 1. The number of anilines is 3. The molecular weight excluding hydrogens is 467 g/mol. The molecule has 4 heterocycles. The predicted molar refractivity (Wildman–Crippen MR) is 134 cm³/mol. The Labute approximate surface area is 207 Å². The largest absolute Gasteiger partial charge is 0.379 e. The number of rotatable bonds is 9. The average Bonchev–Trinajstić information content (AvgIpc) is 3.50. The molecule has 2 fully saturated rings. The number of alkyl halides is 1. The molecule has 0 bridgehead atoms. The molecule has 0 radical (unpaired) electrons. The Bertz CT molecular complexity index is 1310. The second-order valence-electron chi connectivity index (χ2n) is 9.19. The van der Waals surface area contributed by atoms with Gasteiger partial charge in [-0.25, -0.2) is 9.37 Å². The van der Waals surface area contributed by atoms with E-state index < -0.39 is 6.67 Å². The molecule has 1 unspecified atom stereocenters. The highest BCUT2D eigenvalue weighted by Crippen LogP contribution is 2.25. The van der Waals surface area contributed by atoms with Gasteiger partial charge >= 0.3 is 0 Å². The van der Waals surface area contributed by atoms with Crippen LogP contribution in [-0.4, -0.2) is 82.6 Å². The van der Waals surface area contributed by atoms with Gasteiger partial charge in [-0.15, -0.1) is 0 Å². The van der Waals surface area contributed by atoms with Gasteiger partial charge in [0.05, 0.1) is 24.4 Å². The number of nitrogens with one attached hydrogen (secondary N) is 3. The molecule has 12 heteroatoms. The van der Waals surface area contributed by atoms with Crippen molar-refractivity contribution in [2.75, 3.05) is 51.1 Å². The maximum Gasteiger partial charge on any atom is 0.274 e. The number of methoxy groups -OCH3 is 1. The van der Waals surface area contributed by atoms with Crippen LogP contribution in [0, 0.1) is 0 Å². The molecule has 36 heavy (non-hydrogen) atoms. The summed E-state index contributed by atoms with van der Waals surface area (Å²) < 4.78 is 21.4. The van der Waals surface area contributed by atoms with E-state index in [1.165, 1.54) is 6.20 Å². The first kappa shape index (κ1) is 24.2. The third-order valence-corrected chi connectivity index (χ3v) is 7.08. The Hall–Kier alpha value is -3.51. The number of nitrogens with zero attached hydrogens (tertiary/aromatic N) is 5. The molecule has 1 aliphatic heterocycles. The van der Waals surface area contributed by atoms with Crippen molar-refractivity contribution in [1.82, 2.24) is 29.4 Å². The van der Waals surface area contributed by atoms with E-state index >= 15 is 0 Å². The number of fused-ring (bicyclic) bond motifs is 1. The van der Waals surface area contributed by atoms with Crippen LogP contribution >= 0.6 is 0 Å². The summed E-state index contributed by atoms with van der Waals surface area (Å²) in [5.41, 5.74) is 0.882. The van der Waals surface area contributed by atoms with Crippen molar-refractivity contribution in [2.24, 2.45) is 0 Å². The van der Waals surface area contributed by atoms with Crippen LogP contribution in [0.2, 0.25) is 0 Å². The zero-order valence-corrected chi connectivity index (χ0v) is 20.4. The quantitative estimate of drug-likeness (QED) is 0.409. The van der Waals surface area contributed by atoms with Gasteiger partial charge in [0.1, 0.15) is 29.6 Å². The maximum absolute atomic E-state index is 13.3. The molecule has 11 nitrogen and oxygen atoms in total. The number of halogens is 1. The van der Waals surface area contributed by atoms with Crippen molar-refractivity contribution in [3.05, 3.63) is 46.5 Å². The topological polar surface area (TPSA) is 118 Å². The Kier molecular flexibility index (Phi) is 6.88. The van der Waals surface area contributed by atoms with Gasteiger partial charge in [-0.2, -0.15) is 9.61 Å². The van der Waals surface area contributed by atoms with E-state index in [-0.39, 0.29) is 29.7 Å². The SMILES string of the molecule is CNc1cc(Nc2cccn([C@@H]3CCN(CCF)C3)c2=O)nc2c(C(=O)N[C@@H]3CCC3OC)cnn12. The van der Waals surface area contributed by atoms with Crippen LogP contribution in [0.15, 0.2) is 35.4 Å². The lowest BCUT2D eigenvalue weighted by Gasteiger charge is -2.35. The van der Waals surface area contributed by atoms with Crippen LogP contribution < -0.4 is 21.5 Å². The monoisotopic (exact) mass is 498 g/mol. The number of hydrogen-bond acceptors (Lipinski definition) is 8. The van der Waals surface area contributed by atoms with Crippen LogP contribution in [0.5, 0.6) is 0 Å². The molecule has 5 rings (SSSR count). The van der Waals surface area contributed by atoms with Gasteiger partial charge in [-0.05, 0) is 31.4 Å². The van der Waals surface area contributed by atoms with E-state index in [0.717, 1.165) is 25.8 Å². The van der Waals surface area contributed by atoms with Crippen LogP contribution in [0.3, 0.4) is 0 Å².